The number of ketones is 1. The molecule has 3 nitrogen and oxygen atoms in total. The Morgan fingerprint density at radius 3 is 2.36 bits per heavy atom. The van der Waals surface area contributed by atoms with Gasteiger partial charge in [0.2, 0.25) is 0 Å². The Hall–Kier alpha value is -0.130. The summed E-state index contributed by atoms with van der Waals surface area (Å²) in [6, 6.07) is 0. The Morgan fingerprint density at radius 1 is 1.55 bits per heavy atom. The third-order valence-electron chi connectivity index (χ3n) is 1.40. The van der Waals surface area contributed by atoms with E-state index in [1.807, 2.05) is 29.5 Å². The molecule has 0 aliphatic rings. The second-order valence-corrected chi connectivity index (χ2v) is 3.04. The second kappa shape index (κ2) is 5.51. The maximum absolute atomic E-state index is 11.0. The van der Waals surface area contributed by atoms with Crippen LogP contribution in [0.15, 0.2) is 0 Å². The molecule has 0 aromatic rings. The fraction of sp³-hybridized carbons (Fsp3) is 0.714. The van der Waals surface area contributed by atoms with Crippen LogP contribution in [0, 0.1) is 5.92 Å². The van der Waals surface area contributed by atoms with Crippen LogP contribution in [0.3, 0.4) is 0 Å². The second-order valence-electron chi connectivity index (χ2n) is 2.28. The molecule has 0 spiro atoms. The fourth-order valence-corrected chi connectivity index (χ4v) is 1.34. The van der Waals surface area contributed by atoms with Gasteiger partial charge in [-0.05, 0) is 6.42 Å². The van der Waals surface area contributed by atoms with Gasteiger partial charge < -0.3 is 5.11 Å². The highest BCUT2D eigenvalue weighted by Gasteiger charge is 2.23. The highest BCUT2D eigenvalue weighted by molar-refractivity contribution is 14.1. The van der Waals surface area contributed by atoms with Gasteiger partial charge in [0.15, 0.2) is 5.78 Å². The predicted molar refractivity (Wildman–Crippen MR) is 49.9 cm³/mol. The molecular weight excluding hydrogens is 259 g/mol. The molecule has 0 fully saturated rings. The first kappa shape index (κ1) is 10.9. The van der Waals surface area contributed by atoms with Crippen molar-refractivity contribution >= 4 is 34.3 Å². The van der Waals surface area contributed by atoms with Crippen molar-refractivity contribution in [3.63, 3.8) is 0 Å². The van der Waals surface area contributed by atoms with Crippen LogP contribution in [0.2, 0.25) is 0 Å². The highest BCUT2D eigenvalue weighted by atomic mass is 127. The number of hydrogen-bond acceptors (Lipinski definition) is 2. The van der Waals surface area contributed by atoms with Crippen LogP contribution in [0.5, 0.6) is 0 Å². The van der Waals surface area contributed by atoms with Crippen LogP contribution in [0.1, 0.15) is 19.8 Å². The van der Waals surface area contributed by atoms with Crippen LogP contribution < -0.4 is 0 Å². The van der Waals surface area contributed by atoms with Gasteiger partial charge in [-0.2, -0.15) is 0 Å². The maximum Gasteiger partial charge on any atom is 0.314 e. The van der Waals surface area contributed by atoms with Gasteiger partial charge in [-0.1, -0.05) is 35.9 Å². The lowest BCUT2D eigenvalue weighted by molar-refractivity contribution is -0.145. The summed E-state index contributed by atoms with van der Waals surface area (Å²) >= 11 is 1.89. The number of rotatable bonds is 5. The van der Waals surface area contributed by atoms with E-state index in [4.69, 9.17) is 5.11 Å². The number of carbonyl (C=O) groups excluding carboxylic acids is 1. The molecule has 11 heavy (non-hydrogen) atoms. The lowest BCUT2D eigenvalue weighted by Gasteiger charge is -2.06. The first-order valence-corrected chi connectivity index (χ1v) is 4.97. The molecule has 0 heterocycles. The molecule has 1 unspecified atom stereocenters. The SMILES string of the molecule is CCCC(C(=O)O)C(=O)CI. The lowest BCUT2D eigenvalue weighted by Crippen LogP contribution is -2.24. The van der Waals surface area contributed by atoms with Crippen molar-refractivity contribution in [3.05, 3.63) is 0 Å². The normalized spacial score (nSPS) is 12.5. The molecule has 4 heteroatoms. The van der Waals surface area contributed by atoms with E-state index in [-0.39, 0.29) is 10.2 Å². The van der Waals surface area contributed by atoms with Crippen LogP contribution in [-0.2, 0) is 9.59 Å². The molecule has 0 aromatic carbocycles. The number of Topliss-reactive ketones (excluding diaryl/α,β-unsaturated/α-hetero) is 1. The Balaban J connectivity index is 4.09. The molecule has 64 valence electrons. The Morgan fingerprint density at radius 2 is 2.09 bits per heavy atom. The van der Waals surface area contributed by atoms with Gasteiger partial charge in [0.05, 0.1) is 4.43 Å². The number of alkyl halides is 1. The minimum Gasteiger partial charge on any atom is -0.481 e. The Labute approximate surface area is 79.3 Å². The van der Waals surface area contributed by atoms with E-state index in [0.29, 0.717) is 6.42 Å². The van der Waals surface area contributed by atoms with Gasteiger partial charge in [0.1, 0.15) is 5.92 Å². The molecular formula is C7H11IO3. The zero-order valence-electron chi connectivity index (χ0n) is 6.34. The zero-order chi connectivity index (χ0) is 8.85. The number of carboxylic acids is 1. The molecule has 0 aliphatic carbocycles. The van der Waals surface area contributed by atoms with E-state index in [1.165, 1.54) is 0 Å². The van der Waals surface area contributed by atoms with E-state index < -0.39 is 11.9 Å². The van der Waals surface area contributed by atoms with Crippen molar-refractivity contribution in [2.24, 2.45) is 5.92 Å². The van der Waals surface area contributed by atoms with Crippen molar-refractivity contribution in [3.8, 4) is 0 Å². The zero-order valence-corrected chi connectivity index (χ0v) is 8.50. The molecule has 0 amide bonds. The van der Waals surface area contributed by atoms with Crippen LogP contribution in [0.25, 0.3) is 0 Å². The highest BCUT2D eigenvalue weighted by Crippen LogP contribution is 2.09. The topological polar surface area (TPSA) is 54.4 Å². The molecule has 0 saturated carbocycles. The fourth-order valence-electron chi connectivity index (χ4n) is 0.804. The van der Waals surface area contributed by atoms with E-state index >= 15 is 0 Å². The summed E-state index contributed by atoms with van der Waals surface area (Å²) in [6.07, 6.45) is 1.19. The Bertz CT molecular complexity index is 156. The third kappa shape index (κ3) is 3.69. The standard InChI is InChI=1S/C7H11IO3/c1-2-3-5(7(10)11)6(9)4-8/h5H,2-4H2,1H3,(H,10,11). The minimum atomic E-state index is -0.992. The summed E-state index contributed by atoms with van der Waals surface area (Å²) in [5.74, 6) is -1.95. The first-order chi connectivity index (χ1) is 5.13. The van der Waals surface area contributed by atoms with Gasteiger partial charge in [-0.25, -0.2) is 0 Å². The number of halogens is 1. The van der Waals surface area contributed by atoms with Crippen LogP contribution in [0.4, 0.5) is 0 Å². The molecule has 0 radical (unpaired) electrons. The van der Waals surface area contributed by atoms with Crippen LogP contribution >= 0.6 is 22.6 Å². The average Bonchev–Trinajstić information content (AvgIpc) is 1.98. The molecule has 0 aliphatic heterocycles. The molecule has 1 N–H and O–H groups in total. The predicted octanol–water partition coefficient (Wildman–Crippen LogP) is 1.49. The quantitative estimate of drug-likeness (QED) is 0.468. The van der Waals surface area contributed by atoms with Crippen molar-refractivity contribution < 1.29 is 14.7 Å². The number of aliphatic carboxylic acids is 1. The summed E-state index contributed by atoms with van der Waals surface area (Å²) in [7, 11) is 0. The monoisotopic (exact) mass is 270 g/mol. The number of hydrogen-bond donors (Lipinski definition) is 1. The molecule has 0 bridgehead atoms. The molecule has 0 rings (SSSR count). The maximum atomic E-state index is 11.0. The number of carboxylic acid groups (broad SMARTS) is 1. The van der Waals surface area contributed by atoms with Crippen molar-refractivity contribution in [1.29, 1.82) is 0 Å². The van der Waals surface area contributed by atoms with E-state index in [9.17, 15) is 9.59 Å². The molecule has 0 aromatic heterocycles. The van der Waals surface area contributed by atoms with Gasteiger partial charge in [-0.15, -0.1) is 0 Å². The summed E-state index contributed by atoms with van der Waals surface area (Å²) in [5.41, 5.74) is 0. The summed E-state index contributed by atoms with van der Waals surface area (Å²) < 4.78 is 0.286. The minimum absolute atomic E-state index is 0.181. The van der Waals surface area contributed by atoms with Gasteiger partial charge in [0.25, 0.3) is 0 Å². The number of carbonyl (C=O) groups is 2. The van der Waals surface area contributed by atoms with Crippen molar-refractivity contribution in [2.75, 3.05) is 4.43 Å². The van der Waals surface area contributed by atoms with E-state index in [0.717, 1.165) is 6.42 Å². The molecule has 0 saturated heterocycles. The van der Waals surface area contributed by atoms with Crippen molar-refractivity contribution in [1.82, 2.24) is 0 Å². The van der Waals surface area contributed by atoms with Gasteiger partial charge in [0, 0.05) is 0 Å². The van der Waals surface area contributed by atoms with Crippen molar-refractivity contribution in [2.45, 2.75) is 19.8 Å². The average molecular weight is 270 g/mol. The molecule has 1 atom stereocenters. The summed E-state index contributed by atoms with van der Waals surface area (Å²) in [5, 5.41) is 8.58. The summed E-state index contributed by atoms with van der Waals surface area (Å²) in [6.45, 7) is 1.87. The smallest absolute Gasteiger partial charge is 0.314 e. The van der Waals surface area contributed by atoms with E-state index in [2.05, 4.69) is 0 Å². The van der Waals surface area contributed by atoms with E-state index in [1.54, 1.807) is 0 Å². The first-order valence-electron chi connectivity index (χ1n) is 3.45. The van der Waals surface area contributed by atoms with Gasteiger partial charge >= 0.3 is 5.97 Å². The largest absolute Gasteiger partial charge is 0.481 e. The van der Waals surface area contributed by atoms with Gasteiger partial charge in [-0.3, -0.25) is 9.59 Å². The summed E-state index contributed by atoms with van der Waals surface area (Å²) in [4.78, 5) is 21.4. The van der Waals surface area contributed by atoms with Crippen LogP contribution in [-0.4, -0.2) is 21.3 Å². The Kier molecular flexibility index (Phi) is 5.45. The lowest BCUT2D eigenvalue weighted by atomic mass is 10.0. The third-order valence-corrected chi connectivity index (χ3v) is 2.15.